The van der Waals surface area contributed by atoms with Gasteiger partial charge in [-0.3, -0.25) is 0 Å². The summed E-state index contributed by atoms with van der Waals surface area (Å²) in [5.74, 6) is 0.914. The Hall–Kier alpha value is -2.07. The van der Waals surface area contributed by atoms with Crippen molar-refractivity contribution in [2.45, 2.75) is 13.3 Å². The van der Waals surface area contributed by atoms with E-state index in [4.69, 9.17) is 17.0 Å². The van der Waals surface area contributed by atoms with Crippen LogP contribution in [0.15, 0.2) is 54.6 Å². The number of ether oxygens (including phenoxy) is 1. The molecule has 0 atom stereocenters. The fourth-order valence-corrected chi connectivity index (χ4v) is 3.22. The minimum Gasteiger partial charge on any atom is -0.494 e. The third-order valence-electron chi connectivity index (χ3n) is 4.26. The minimum atomic E-state index is 0.755. The summed E-state index contributed by atoms with van der Waals surface area (Å²) >= 11 is 5.69. The van der Waals surface area contributed by atoms with Crippen LogP contribution in [0.1, 0.15) is 18.9 Å². The van der Waals surface area contributed by atoms with Crippen molar-refractivity contribution in [2.75, 3.05) is 37.7 Å². The van der Waals surface area contributed by atoms with Crippen LogP contribution in [0.3, 0.4) is 0 Å². The Kier molecular flexibility index (Phi) is 5.70. The van der Waals surface area contributed by atoms with Crippen LogP contribution in [0, 0.1) is 0 Å². The predicted octanol–water partition coefficient (Wildman–Crippen LogP) is 3.97. The van der Waals surface area contributed by atoms with Crippen molar-refractivity contribution >= 4 is 22.9 Å². The van der Waals surface area contributed by atoms with Crippen molar-refractivity contribution < 1.29 is 4.74 Å². The Balaban J connectivity index is 1.57. The van der Waals surface area contributed by atoms with Gasteiger partial charge in [0.2, 0.25) is 0 Å². The van der Waals surface area contributed by atoms with Gasteiger partial charge in [-0.05, 0) is 42.8 Å². The highest BCUT2D eigenvalue weighted by molar-refractivity contribution is 7.80. The summed E-state index contributed by atoms with van der Waals surface area (Å²) in [5, 5.41) is 0. The van der Waals surface area contributed by atoms with Gasteiger partial charge in [-0.1, -0.05) is 37.3 Å². The highest BCUT2D eigenvalue weighted by Gasteiger charge is 2.19. The van der Waals surface area contributed by atoms with Crippen LogP contribution in [0.5, 0.6) is 5.75 Å². The zero-order chi connectivity index (χ0) is 16.8. The molecule has 0 saturated carbocycles. The van der Waals surface area contributed by atoms with Crippen molar-refractivity contribution in [3.8, 4) is 5.75 Å². The number of thiocarbonyl (C=S) groups is 1. The van der Waals surface area contributed by atoms with Crippen LogP contribution < -0.4 is 9.64 Å². The molecule has 0 radical (unpaired) electrons. The summed E-state index contributed by atoms with van der Waals surface area (Å²) in [6.45, 7) is 6.79. The highest BCUT2D eigenvalue weighted by atomic mass is 32.1. The molecular formula is C20H24N2OS. The molecule has 1 heterocycles. The maximum Gasteiger partial charge on any atom is 0.119 e. The van der Waals surface area contributed by atoms with Crippen molar-refractivity contribution in [3.05, 3.63) is 60.2 Å². The minimum absolute atomic E-state index is 0.755. The van der Waals surface area contributed by atoms with Crippen LogP contribution in [-0.2, 0) is 0 Å². The van der Waals surface area contributed by atoms with E-state index in [9.17, 15) is 0 Å². The quantitative estimate of drug-likeness (QED) is 0.765. The highest BCUT2D eigenvalue weighted by Crippen LogP contribution is 2.19. The molecule has 4 heteroatoms. The van der Waals surface area contributed by atoms with Crippen molar-refractivity contribution in [1.82, 2.24) is 4.90 Å². The first-order chi connectivity index (χ1) is 11.8. The molecule has 0 spiro atoms. The molecule has 0 N–H and O–H groups in total. The number of piperazine rings is 1. The molecule has 0 aromatic heterocycles. The van der Waals surface area contributed by atoms with Gasteiger partial charge in [-0.25, -0.2) is 0 Å². The lowest BCUT2D eigenvalue weighted by atomic mass is 10.1. The zero-order valence-corrected chi connectivity index (χ0v) is 15.0. The number of nitrogens with zero attached hydrogens (tertiary/aromatic N) is 2. The molecular weight excluding hydrogens is 316 g/mol. The number of para-hydroxylation sites is 1. The zero-order valence-electron chi connectivity index (χ0n) is 14.1. The lowest BCUT2D eigenvalue weighted by Crippen LogP contribution is -2.48. The first kappa shape index (κ1) is 16.8. The van der Waals surface area contributed by atoms with Gasteiger partial charge in [0.05, 0.1) is 6.61 Å². The third-order valence-corrected chi connectivity index (χ3v) is 4.76. The molecule has 2 aromatic rings. The van der Waals surface area contributed by atoms with Gasteiger partial charge in [-0.2, -0.15) is 0 Å². The average Bonchev–Trinajstić information content (AvgIpc) is 2.67. The van der Waals surface area contributed by atoms with Gasteiger partial charge >= 0.3 is 0 Å². The largest absolute Gasteiger partial charge is 0.494 e. The second kappa shape index (κ2) is 8.15. The number of anilines is 1. The number of benzene rings is 2. The van der Waals surface area contributed by atoms with Crippen molar-refractivity contribution in [3.63, 3.8) is 0 Å². The van der Waals surface area contributed by atoms with Gasteiger partial charge in [0, 0.05) is 37.4 Å². The molecule has 24 heavy (non-hydrogen) atoms. The van der Waals surface area contributed by atoms with E-state index in [1.54, 1.807) is 0 Å². The van der Waals surface area contributed by atoms with E-state index in [0.29, 0.717) is 0 Å². The maximum atomic E-state index is 5.69. The van der Waals surface area contributed by atoms with Crippen LogP contribution in [-0.4, -0.2) is 42.7 Å². The molecule has 1 aliphatic rings. The molecule has 1 saturated heterocycles. The molecule has 0 amide bonds. The van der Waals surface area contributed by atoms with Crippen LogP contribution in [0.25, 0.3) is 0 Å². The van der Waals surface area contributed by atoms with E-state index in [0.717, 1.165) is 55.5 Å². The second-order valence-corrected chi connectivity index (χ2v) is 6.37. The summed E-state index contributed by atoms with van der Waals surface area (Å²) in [6.07, 6.45) is 1.02. The monoisotopic (exact) mass is 340 g/mol. The maximum absolute atomic E-state index is 5.69. The molecule has 3 rings (SSSR count). The van der Waals surface area contributed by atoms with Crippen LogP contribution in [0.4, 0.5) is 5.69 Å². The summed E-state index contributed by atoms with van der Waals surface area (Å²) in [6, 6.07) is 18.7. The van der Waals surface area contributed by atoms with E-state index in [1.807, 2.05) is 12.1 Å². The summed E-state index contributed by atoms with van der Waals surface area (Å²) < 4.78 is 5.63. The molecule has 2 aromatic carbocycles. The molecule has 0 aliphatic carbocycles. The number of hydrogen-bond donors (Lipinski definition) is 0. The van der Waals surface area contributed by atoms with E-state index in [1.165, 1.54) is 5.69 Å². The Labute approximate surface area is 149 Å². The Morgan fingerprint density at radius 1 is 0.958 bits per heavy atom. The van der Waals surface area contributed by atoms with Crippen LogP contribution >= 0.6 is 12.2 Å². The van der Waals surface area contributed by atoms with Gasteiger partial charge < -0.3 is 14.5 Å². The van der Waals surface area contributed by atoms with Gasteiger partial charge in [0.25, 0.3) is 0 Å². The van der Waals surface area contributed by atoms with E-state index in [2.05, 4.69) is 59.2 Å². The van der Waals surface area contributed by atoms with Gasteiger partial charge in [-0.15, -0.1) is 0 Å². The fraction of sp³-hybridized carbons (Fsp3) is 0.350. The molecule has 0 unspecified atom stereocenters. The smallest absolute Gasteiger partial charge is 0.119 e. The lowest BCUT2D eigenvalue weighted by Gasteiger charge is -2.37. The Bertz CT molecular complexity index is 649. The Morgan fingerprint density at radius 2 is 1.62 bits per heavy atom. The molecule has 3 nitrogen and oxygen atoms in total. The molecule has 0 bridgehead atoms. The molecule has 1 aliphatic heterocycles. The summed E-state index contributed by atoms with van der Waals surface area (Å²) in [4.78, 5) is 5.65. The van der Waals surface area contributed by atoms with Gasteiger partial charge in [0.1, 0.15) is 10.7 Å². The van der Waals surface area contributed by atoms with Gasteiger partial charge in [0.15, 0.2) is 0 Å². The topological polar surface area (TPSA) is 15.7 Å². The van der Waals surface area contributed by atoms with Crippen molar-refractivity contribution in [1.29, 1.82) is 0 Å². The molecule has 1 fully saturated rings. The van der Waals surface area contributed by atoms with E-state index >= 15 is 0 Å². The summed E-state index contributed by atoms with van der Waals surface area (Å²) in [5.41, 5.74) is 2.39. The SMILES string of the molecule is CCCOc1ccc(C(=S)N2CCN(c3ccccc3)CC2)cc1. The lowest BCUT2D eigenvalue weighted by molar-refractivity contribution is 0.317. The predicted molar refractivity (Wildman–Crippen MR) is 104 cm³/mol. The second-order valence-electron chi connectivity index (χ2n) is 5.99. The normalized spacial score (nSPS) is 14.5. The molecule has 126 valence electrons. The Morgan fingerprint density at radius 3 is 2.25 bits per heavy atom. The van der Waals surface area contributed by atoms with Crippen LogP contribution in [0.2, 0.25) is 0 Å². The summed E-state index contributed by atoms with van der Waals surface area (Å²) in [7, 11) is 0. The number of rotatable bonds is 5. The average molecular weight is 340 g/mol. The third kappa shape index (κ3) is 4.06. The standard InChI is InChI=1S/C20H24N2OS/c1-2-16-23-19-10-8-17(9-11-19)20(24)22-14-12-21(13-15-22)18-6-4-3-5-7-18/h3-11H,2,12-16H2,1H3. The first-order valence-corrected chi connectivity index (χ1v) is 9.01. The first-order valence-electron chi connectivity index (χ1n) is 8.60. The van der Waals surface area contributed by atoms with Crippen molar-refractivity contribution in [2.24, 2.45) is 0 Å². The van der Waals surface area contributed by atoms with E-state index < -0.39 is 0 Å². The fourth-order valence-electron chi connectivity index (χ4n) is 2.90. The number of hydrogen-bond acceptors (Lipinski definition) is 3. The van der Waals surface area contributed by atoms with E-state index in [-0.39, 0.29) is 0 Å².